The fourth-order valence-electron chi connectivity index (χ4n) is 1.72. The predicted octanol–water partition coefficient (Wildman–Crippen LogP) is 3.69. The maximum atomic E-state index is 9.32. The van der Waals surface area contributed by atoms with Crippen LogP contribution in [0.4, 0.5) is 5.69 Å². The minimum absolute atomic E-state index is 0.108. The Morgan fingerprint density at radius 2 is 1.95 bits per heavy atom. The van der Waals surface area contributed by atoms with Gasteiger partial charge in [-0.15, -0.1) is 0 Å². The summed E-state index contributed by atoms with van der Waals surface area (Å²) in [6.07, 6.45) is 0. The molecule has 3 nitrogen and oxygen atoms in total. The number of aliphatic hydroxyl groups is 1. The number of rotatable bonds is 4. The smallest absolute Gasteiger partial charge is 0.133 e. The topological polar surface area (TPSA) is 32.7 Å². The molecule has 0 aliphatic rings. The van der Waals surface area contributed by atoms with E-state index in [1.54, 1.807) is 18.2 Å². The minimum atomic E-state index is -0.108. The molecule has 2 aromatic rings. The zero-order valence-electron chi connectivity index (χ0n) is 10.9. The maximum Gasteiger partial charge on any atom is 0.133 e. The average molecular weight is 278 g/mol. The lowest BCUT2D eigenvalue weighted by Crippen LogP contribution is -2.08. The highest BCUT2D eigenvalue weighted by molar-refractivity contribution is 6.30. The molecule has 0 atom stereocenters. The van der Waals surface area contributed by atoms with Crippen LogP contribution in [0.25, 0.3) is 0 Å². The van der Waals surface area contributed by atoms with Gasteiger partial charge < -0.3 is 14.7 Å². The van der Waals surface area contributed by atoms with E-state index in [0.29, 0.717) is 16.3 Å². The van der Waals surface area contributed by atoms with E-state index in [1.807, 2.05) is 43.3 Å². The van der Waals surface area contributed by atoms with Crippen LogP contribution in [0.5, 0.6) is 11.5 Å². The molecule has 2 aromatic carbocycles. The van der Waals surface area contributed by atoms with Crippen LogP contribution in [0, 0.1) is 0 Å². The summed E-state index contributed by atoms with van der Waals surface area (Å²) in [4.78, 5) is 2.00. The first-order chi connectivity index (χ1) is 9.10. The van der Waals surface area contributed by atoms with Crippen LogP contribution in [0.15, 0.2) is 42.5 Å². The van der Waals surface area contributed by atoms with Crippen LogP contribution in [-0.2, 0) is 6.61 Å². The van der Waals surface area contributed by atoms with Crippen LogP contribution >= 0.6 is 11.6 Å². The molecule has 100 valence electrons. The number of benzene rings is 2. The minimum Gasteiger partial charge on any atom is -0.457 e. The largest absolute Gasteiger partial charge is 0.457 e. The molecule has 0 radical (unpaired) electrons. The fraction of sp³-hybridized carbons (Fsp3) is 0.200. The van der Waals surface area contributed by atoms with E-state index in [0.717, 1.165) is 11.4 Å². The Balaban J connectivity index is 2.28. The van der Waals surface area contributed by atoms with Crippen molar-refractivity contribution in [1.82, 2.24) is 0 Å². The molecule has 4 heteroatoms. The Bertz CT molecular complexity index is 570. The molecule has 0 aromatic heterocycles. The number of aliphatic hydroxyl groups excluding tert-OH is 1. The lowest BCUT2D eigenvalue weighted by molar-refractivity contribution is 0.276. The van der Waals surface area contributed by atoms with Gasteiger partial charge in [0.15, 0.2) is 0 Å². The highest BCUT2D eigenvalue weighted by Crippen LogP contribution is 2.29. The van der Waals surface area contributed by atoms with E-state index < -0.39 is 0 Å². The molecule has 0 heterocycles. The molecule has 0 spiro atoms. The zero-order chi connectivity index (χ0) is 13.8. The lowest BCUT2D eigenvalue weighted by Gasteiger charge is -2.15. The van der Waals surface area contributed by atoms with Crippen molar-refractivity contribution >= 4 is 17.3 Å². The number of anilines is 1. The molecule has 0 amide bonds. The SMILES string of the molecule is CN(C)c1cccc(Oc2ccc(Cl)cc2CO)c1. The van der Waals surface area contributed by atoms with Crippen molar-refractivity contribution in [3.05, 3.63) is 53.1 Å². The van der Waals surface area contributed by atoms with Gasteiger partial charge in [0.05, 0.1) is 6.61 Å². The standard InChI is InChI=1S/C15H16ClNO2/c1-17(2)13-4-3-5-14(9-13)19-15-7-6-12(16)8-11(15)10-18/h3-9,18H,10H2,1-2H3. The summed E-state index contributed by atoms with van der Waals surface area (Å²) in [6.45, 7) is -0.108. The van der Waals surface area contributed by atoms with Crippen molar-refractivity contribution < 1.29 is 9.84 Å². The third-order valence-corrected chi connectivity index (χ3v) is 2.99. The van der Waals surface area contributed by atoms with Crippen LogP contribution in [0.1, 0.15) is 5.56 Å². The first kappa shape index (κ1) is 13.7. The Kier molecular flexibility index (Phi) is 4.30. The van der Waals surface area contributed by atoms with Gasteiger partial charge in [0.1, 0.15) is 11.5 Å². The van der Waals surface area contributed by atoms with Gasteiger partial charge in [-0.2, -0.15) is 0 Å². The molecular weight excluding hydrogens is 262 g/mol. The third kappa shape index (κ3) is 3.40. The second-order valence-electron chi connectivity index (χ2n) is 4.40. The highest BCUT2D eigenvalue weighted by Gasteiger charge is 2.06. The van der Waals surface area contributed by atoms with Crippen molar-refractivity contribution in [3.63, 3.8) is 0 Å². The van der Waals surface area contributed by atoms with E-state index >= 15 is 0 Å². The third-order valence-electron chi connectivity index (χ3n) is 2.75. The van der Waals surface area contributed by atoms with Crippen molar-refractivity contribution in [1.29, 1.82) is 0 Å². The molecular formula is C15H16ClNO2. The van der Waals surface area contributed by atoms with Gasteiger partial charge in [0.25, 0.3) is 0 Å². The first-order valence-electron chi connectivity index (χ1n) is 5.94. The molecule has 0 bridgehead atoms. The van der Waals surface area contributed by atoms with Crippen molar-refractivity contribution in [3.8, 4) is 11.5 Å². The average Bonchev–Trinajstić information content (AvgIpc) is 2.41. The zero-order valence-corrected chi connectivity index (χ0v) is 11.7. The molecule has 19 heavy (non-hydrogen) atoms. The van der Waals surface area contributed by atoms with Crippen LogP contribution < -0.4 is 9.64 Å². The van der Waals surface area contributed by atoms with Gasteiger partial charge >= 0.3 is 0 Å². The summed E-state index contributed by atoms with van der Waals surface area (Å²) < 4.78 is 5.80. The van der Waals surface area contributed by atoms with Crippen molar-refractivity contribution in [2.24, 2.45) is 0 Å². The molecule has 2 rings (SSSR count). The molecule has 1 N–H and O–H groups in total. The second-order valence-corrected chi connectivity index (χ2v) is 4.84. The highest BCUT2D eigenvalue weighted by atomic mass is 35.5. The molecule has 0 fully saturated rings. The summed E-state index contributed by atoms with van der Waals surface area (Å²) in [5, 5.41) is 9.90. The summed E-state index contributed by atoms with van der Waals surface area (Å²) >= 11 is 5.89. The Morgan fingerprint density at radius 3 is 2.63 bits per heavy atom. The molecule has 0 unspecified atom stereocenters. The monoisotopic (exact) mass is 277 g/mol. The summed E-state index contributed by atoms with van der Waals surface area (Å²) in [6, 6.07) is 13.0. The van der Waals surface area contributed by atoms with E-state index in [4.69, 9.17) is 16.3 Å². The van der Waals surface area contributed by atoms with Crippen molar-refractivity contribution in [2.75, 3.05) is 19.0 Å². The summed E-state index contributed by atoms with van der Waals surface area (Å²) in [5.41, 5.74) is 1.72. The van der Waals surface area contributed by atoms with E-state index in [-0.39, 0.29) is 6.61 Å². The van der Waals surface area contributed by atoms with Gasteiger partial charge in [-0.25, -0.2) is 0 Å². The Morgan fingerprint density at radius 1 is 1.16 bits per heavy atom. The summed E-state index contributed by atoms with van der Waals surface area (Å²) in [5.74, 6) is 1.34. The van der Waals surface area contributed by atoms with Crippen LogP contribution in [0.3, 0.4) is 0 Å². The first-order valence-corrected chi connectivity index (χ1v) is 6.32. The molecule has 0 aliphatic heterocycles. The maximum absolute atomic E-state index is 9.32. The Labute approximate surface area is 118 Å². The van der Waals surface area contributed by atoms with Crippen LogP contribution in [-0.4, -0.2) is 19.2 Å². The quantitative estimate of drug-likeness (QED) is 0.925. The van der Waals surface area contributed by atoms with Gasteiger partial charge in [-0.3, -0.25) is 0 Å². The van der Waals surface area contributed by atoms with Gasteiger partial charge in [-0.05, 0) is 30.3 Å². The normalized spacial score (nSPS) is 10.3. The fourth-order valence-corrected chi connectivity index (χ4v) is 1.92. The summed E-state index contributed by atoms with van der Waals surface area (Å²) in [7, 11) is 3.95. The molecule has 0 aliphatic carbocycles. The number of nitrogens with zero attached hydrogens (tertiary/aromatic N) is 1. The molecule has 0 saturated carbocycles. The molecule has 0 saturated heterocycles. The van der Waals surface area contributed by atoms with Gasteiger partial charge in [0, 0.05) is 36.4 Å². The second kappa shape index (κ2) is 5.95. The van der Waals surface area contributed by atoms with E-state index in [9.17, 15) is 5.11 Å². The number of hydrogen-bond donors (Lipinski definition) is 1. The van der Waals surface area contributed by atoms with Gasteiger partial charge in [-0.1, -0.05) is 17.7 Å². The van der Waals surface area contributed by atoms with E-state index in [1.165, 1.54) is 0 Å². The Hall–Kier alpha value is -1.71. The van der Waals surface area contributed by atoms with E-state index in [2.05, 4.69) is 0 Å². The number of halogens is 1. The predicted molar refractivity (Wildman–Crippen MR) is 78.2 cm³/mol. The van der Waals surface area contributed by atoms with Crippen molar-refractivity contribution in [2.45, 2.75) is 6.61 Å². The van der Waals surface area contributed by atoms with Crippen LogP contribution in [0.2, 0.25) is 5.02 Å². The lowest BCUT2D eigenvalue weighted by atomic mass is 10.2. The van der Waals surface area contributed by atoms with Gasteiger partial charge in [0.2, 0.25) is 0 Å². The number of ether oxygens (including phenoxy) is 1. The number of hydrogen-bond acceptors (Lipinski definition) is 3.